The molecule has 1 aliphatic carbocycles. The molecule has 28 heavy (non-hydrogen) atoms. The van der Waals surface area contributed by atoms with Gasteiger partial charge in [0.05, 0.1) is 12.3 Å². The quantitative estimate of drug-likeness (QED) is 0.459. The van der Waals surface area contributed by atoms with Crippen LogP contribution in [0.1, 0.15) is 32.6 Å². The molecule has 0 bridgehead atoms. The predicted molar refractivity (Wildman–Crippen MR) is 89.2 cm³/mol. The van der Waals surface area contributed by atoms with Gasteiger partial charge in [-0.05, 0) is 25.2 Å². The van der Waals surface area contributed by atoms with Gasteiger partial charge in [0.25, 0.3) is 33.7 Å². The highest BCUT2D eigenvalue weighted by Crippen LogP contribution is 2.34. The van der Waals surface area contributed by atoms with Crippen LogP contribution in [0, 0.1) is 11.8 Å². The molecule has 1 saturated heterocycles. The summed E-state index contributed by atoms with van der Waals surface area (Å²) in [6, 6.07) is -0.377. The molecule has 0 aromatic rings. The highest BCUT2D eigenvalue weighted by molar-refractivity contribution is 7.87. The lowest BCUT2D eigenvalue weighted by molar-refractivity contribution is -0.201. The molecule has 0 spiro atoms. The Labute approximate surface area is 160 Å². The minimum Gasteiger partial charge on any atom is -0.330 e. The molecule has 4 atom stereocenters. The molecule has 0 aromatic carbocycles. The second kappa shape index (κ2) is 7.09. The maximum absolute atomic E-state index is 12.4. The Balaban J connectivity index is 1.62. The van der Waals surface area contributed by atoms with Crippen LogP contribution in [0.25, 0.3) is 0 Å². The van der Waals surface area contributed by atoms with E-state index in [1.165, 1.54) is 12.2 Å². The fraction of sp³-hybridized carbons (Fsp3) is 0.562. The summed E-state index contributed by atoms with van der Waals surface area (Å²) in [7, 11) is -4.79. The number of imide groups is 2. The maximum atomic E-state index is 12.4. The van der Waals surface area contributed by atoms with Gasteiger partial charge in [0.2, 0.25) is 0 Å². The monoisotopic (exact) mass is 414 g/mol. The van der Waals surface area contributed by atoms with E-state index >= 15 is 0 Å². The van der Waals surface area contributed by atoms with Crippen molar-refractivity contribution in [2.75, 3.05) is 0 Å². The van der Waals surface area contributed by atoms with Crippen LogP contribution >= 0.6 is 0 Å². The molecule has 3 rings (SSSR count). The molecule has 3 aliphatic rings. The Morgan fingerprint density at radius 1 is 1.14 bits per heavy atom. The zero-order valence-corrected chi connectivity index (χ0v) is 15.6. The first-order chi connectivity index (χ1) is 13.0. The van der Waals surface area contributed by atoms with Gasteiger partial charge in [-0.3, -0.25) is 28.6 Å². The Morgan fingerprint density at radius 3 is 2.25 bits per heavy atom. The molecule has 2 heterocycles. The number of hydroxylamine groups is 2. The third-order valence-corrected chi connectivity index (χ3v) is 6.32. The summed E-state index contributed by atoms with van der Waals surface area (Å²) in [5.41, 5.74) is 0. The number of rotatable bonds is 4. The van der Waals surface area contributed by atoms with Crippen molar-refractivity contribution in [1.82, 2.24) is 9.96 Å². The first-order valence-electron chi connectivity index (χ1n) is 8.61. The number of hydrogen-bond acceptors (Lipinski definition) is 8. The fourth-order valence-corrected chi connectivity index (χ4v) is 4.50. The molecule has 2 fully saturated rings. The van der Waals surface area contributed by atoms with Crippen LogP contribution in [0.15, 0.2) is 12.2 Å². The third-order valence-electron chi connectivity index (χ3n) is 5.24. The zero-order chi connectivity index (χ0) is 20.8. The van der Waals surface area contributed by atoms with Gasteiger partial charge in [-0.1, -0.05) is 6.92 Å². The van der Waals surface area contributed by atoms with Gasteiger partial charge in [-0.15, -0.1) is 5.06 Å². The van der Waals surface area contributed by atoms with Crippen molar-refractivity contribution in [1.29, 1.82) is 0 Å². The molecule has 0 radical (unpaired) electrons. The Morgan fingerprint density at radius 2 is 1.75 bits per heavy atom. The van der Waals surface area contributed by atoms with Crippen LogP contribution in [0.4, 0.5) is 0 Å². The molecular weight excluding hydrogens is 396 g/mol. The first-order valence-corrected chi connectivity index (χ1v) is 10.1. The smallest absolute Gasteiger partial charge is 0.330 e. The van der Waals surface area contributed by atoms with Crippen LogP contribution in [-0.4, -0.2) is 63.8 Å². The van der Waals surface area contributed by atoms with Gasteiger partial charge in [0.1, 0.15) is 0 Å². The lowest BCUT2D eigenvalue weighted by Crippen LogP contribution is -2.47. The highest BCUT2D eigenvalue weighted by Gasteiger charge is 2.49. The van der Waals surface area contributed by atoms with Crippen LogP contribution in [0.3, 0.4) is 0 Å². The molecule has 12 heteroatoms. The third kappa shape index (κ3) is 3.56. The summed E-state index contributed by atoms with van der Waals surface area (Å²) < 4.78 is 31.2. The van der Waals surface area contributed by atoms with Crippen LogP contribution in [-0.2, 0) is 38.9 Å². The normalized spacial score (nSPS) is 31.1. The SMILES string of the molecule is CC1CC(C(=O)ON2C(=O)CC(S(=O)(=O)O)C2=O)CCC1N1C(=O)C=CC1=O. The minimum atomic E-state index is -4.79. The molecule has 11 nitrogen and oxygen atoms in total. The van der Waals surface area contributed by atoms with E-state index in [-0.39, 0.29) is 29.9 Å². The molecule has 4 unspecified atom stereocenters. The number of carbonyl (C=O) groups is 5. The Hall–Kier alpha value is -2.60. The number of hydrogen-bond donors (Lipinski definition) is 1. The summed E-state index contributed by atoms with van der Waals surface area (Å²) >= 11 is 0. The highest BCUT2D eigenvalue weighted by atomic mass is 32.2. The van der Waals surface area contributed by atoms with Gasteiger partial charge in [-0.2, -0.15) is 8.42 Å². The van der Waals surface area contributed by atoms with E-state index in [9.17, 15) is 32.4 Å². The molecule has 4 amide bonds. The van der Waals surface area contributed by atoms with E-state index in [1.807, 2.05) is 0 Å². The standard InChI is InChI=1S/C16H18N2O9S/c1-8-6-9(2-3-10(8)17-12(19)4-5-13(17)20)16(23)27-18-14(21)7-11(15(18)22)28(24,25)26/h4-5,8-11H,2-3,6-7H2,1H3,(H,24,25,26). The summed E-state index contributed by atoms with van der Waals surface area (Å²) in [6.07, 6.45) is 2.41. The van der Waals surface area contributed by atoms with Gasteiger partial charge in [0.15, 0.2) is 5.25 Å². The van der Waals surface area contributed by atoms with Crippen molar-refractivity contribution in [2.45, 2.75) is 43.9 Å². The molecule has 152 valence electrons. The van der Waals surface area contributed by atoms with E-state index in [0.29, 0.717) is 6.42 Å². The van der Waals surface area contributed by atoms with Crippen molar-refractivity contribution >= 4 is 39.7 Å². The largest absolute Gasteiger partial charge is 0.336 e. The number of amides is 4. The molecule has 1 saturated carbocycles. The van der Waals surface area contributed by atoms with Crippen molar-refractivity contribution in [3.8, 4) is 0 Å². The number of nitrogens with zero attached hydrogens (tertiary/aromatic N) is 2. The van der Waals surface area contributed by atoms with Gasteiger partial charge >= 0.3 is 5.97 Å². The van der Waals surface area contributed by atoms with E-state index < -0.39 is 57.3 Å². The van der Waals surface area contributed by atoms with Crippen molar-refractivity contribution in [3.05, 3.63) is 12.2 Å². The minimum absolute atomic E-state index is 0.0783. The van der Waals surface area contributed by atoms with E-state index in [0.717, 1.165) is 4.90 Å². The molecule has 2 aliphatic heterocycles. The number of carbonyl (C=O) groups excluding carboxylic acids is 5. The molecule has 1 N–H and O–H groups in total. The lowest BCUT2D eigenvalue weighted by atomic mass is 9.78. The van der Waals surface area contributed by atoms with Crippen LogP contribution in [0.2, 0.25) is 0 Å². The van der Waals surface area contributed by atoms with E-state index in [2.05, 4.69) is 0 Å². The van der Waals surface area contributed by atoms with E-state index in [1.54, 1.807) is 6.92 Å². The van der Waals surface area contributed by atoms with Gasteiger partial charge in [-0.25, -0.2) is 4.79 Å². The van der Waals surface area contributed by atoms with Crippen molar-refractivity contribution in [3.63, 3.8) is 0 Å². The lowest BCUT2D eigenvalue weighted by Gasteiger charge is -2.37. The van der Waals surface area contributed by atoms with Gasteiger partial charge in [0, 0.05) is 18.2 Å². The summed E-state index contributed by atoms with van der Waals surface area (Å²) in [5, 5.41) is -1.91. The second-order valence-electron chi connectivity index (χ2n) is 7.08. The van der Waals surface area contributed by atoms with Crippen molar-refractivity contribution < 1.29 is 41.8 Å². The second-order valence-corrected chi connectivity index (χ2v) is 8.68. The average Bonchev–Trinajstić information content (AvgIpc) is 3.08. The Bertz CT molecular complexity index is 876. The van der Waals surface area contributed by atoms with Crippen molar-refractivity contribution in [2.24, 2.45) is 11.8 Å². The first kappa shape index (κ1) is 20.1. The Kier molecular flexibility index (Phi) is 5.10. The molecule has 0 aromatic heterocycles. The average molecular weight is 414 g/mol. The summed E-state index contributed by atoms with van der Waals surface area (Å²) in [6.45, 7) is 1.77. The molecular formula is C16H18N2O9S. The zero-order valence-electron chi connectivity index (χ0n) is 14.8. The van der Waals surface area contributed by atoms with E-state index in [4.69, 9.17) is 9.39 Å². The van der Waals surface area contributed by atoms with Gasteiger partial charge < -0.3 is 4.84 Å². The predicted octanol–water partition coefficient (Wildman–Crippen LogP) is -0.810. The fourth-order valence-electron chi connectivity index (χ4n) is 3.79. The topological polar surface area (TPSA) is 155 Å². The maximum Gasteiger partial charge on any atom is 0.336 e. The van der Waals surface area contributed by atoms with Crippen LogP contribution < -0.4 is 0 Å². The summed E-state index contributed by atoms with van der Waals surface area (Å²) in [5.74, 6) is -4.99. The summed E-state index contributed by atoms with van der Waals surface area (Å²) in [4.78, 5) is 65.7. The van der Waals surface area contributed by atoms with Crippen LogP contribution in [0.5, 0.6) is 0 Å².